The van der Waals surface area contributed by atoms with E-state index in [1.807, 2.05) is 6.92 Å². The van der Waals surface area contributed by atoms with Crippen molar-refractivity contribution in [3.63, 3.8) is 0 Å². The number of rotatable bonds is 5. The number of hydrogen-bond donors (Lipinski definition) is 2. The zero-order chi connectivity index (χ0) is 15.4. The third-order valence-corrected chi connectivity index (χ3v) is 4.29. The number of carbonyl (C=O) groups excluding carboxylic acids is 1. The Labute approximate surface area is 125 Å². The van der Waals surface area contributed by atoms with Gasteiger partial charge in [0.05, 0.1) is 14.2 Å². The molecule has 0 radical (unpaired) electrons. The Bertz CT molecular complexity index is 491. The van der Waals surface area contributed by atoms with Crippen molar-refractivity contribution < 1.29 is 14.3 Å². The first-order valence-electron chi connectivity index (χ1n) is 7.34. The van der Waals surface area contributed by atoms with Crippen molar-refractivity contribution >= 4 is 5.91 Å². The van der Waals surface area contributed by atoms with Crippen molar-refractivity contribution in [1.82, 2.24) is 5.32 Å². The van der Waals surface area contributed by atoms with Crippen molar-refractivity contribution in [3.05, 3.63) is 23.3 Å². The van der Waals surface area contributed by atoms with E-state index in [2.05, 4.69) is 5.32 Å². The molecule has 116 valence electrons. The van der Waals surface area contributed by atoms with Crippen molar-refractivity contribution in [1.29, 1.82) is 0 Å². The second-order valence-electron chi connectivity index (χ2n) is 5.51. The summed E-state index contributed by atoms with van der Waals surface area (Å²) in [5.74, 6) is 1.59. The lowest BCUT2D eigenvalue weighted by molar-refractivity contribution is 0.0928. The lowest BCUT2D eigenvalue weighted by Gasteiger charge is -2.20. The van der Waals surface area contributed by atoms with Gasteiger partial charge in [-0.25, -0.2) is 0 Å². The molecule has 0 saturated heterocycles. The lowest BCUT2D eigenvalue weighted by Crippen LogP contribution is -2.39. The van der Waals surface area contributed by atoms with Gasteiger partial charge in [-0.15, -0.1) is 0 Å². The van der Waals surface area contributed by atoms with E-state index in [1.54, 1.807) is 26.4 Å². The van der Waals surface area contributed by atoms with Crippen LogP contribution in [0.15, 0.2) is 12.1 Å². The average molecular weight is 292 g/mol. The van der Waals surface area contributed by atoms with E-state index < -0.39 is 0 Å². The molecule has 2 unspecified atom stereocenters. The molecule has 21 heavy (non-hydrogen) atoms. The van der Waals surface area contributed by atoms with Gasteiger partial charge in [0, 0.05) is 17.2 Å². The number of ether oxygens (including phenoxy) is 2. The van der Waals surface area contributed by atoms with Gasteiger partial charge in [-0.05, 0) is 44.4 Å². The van der Waals surface area contributed by atoms with Crippen LogP contribution in [0.3, 0.4) is 0 Å². The van der Waals surface area contributed by atoms with Crippen LogP contribution in [-0.4, -0.2) is 32.7 Å². The van der Waals surface area contributed by atoms with Gasteiger partial charge in [0.25, 0.3) is 5.91 Å². The maximum Gasteiger partial charge on any atom is 0.251 e. The molecule has 2 rings (SSSR count). The molecule has 0 aromatic heterocycles. The van der Waals surface area contributed by atoms with Gasteiger partial charge in [0.2, 0.25) is 0 Å². The molecular weight excluding hydrogens is 268 g/mol. The summed E-state index contributed by atoms with van der Waals surface area (Å²) < 4.78 is 10.6. The van der Waals surface area contributed by atoms with E-state index in [4.69, 9.17) is 15.2 Å². The highest BCUT2D eigenvalue weighted by Gasteiger charge is 2.28. The Balaban J connectivity index is 2.19. The van der Waals surface area contributed by atoms with E-state index in [9.17, 15) is 4.79 Å². The van der Waals surface area contributed by atoms with E-state index in [1.165, 1.54) is 0 Å². The first-order chi connectivity index (χ1) is 10.1. The summed E-state index contributed by atoms with van der Waals surface area (Å²) in [4.78, 5) is 12.4. The SMILES string of the molecule is COc1cc(C(=O)NC2CCCC2CN)cc(OC)c1C. The largest absolute Gasteiger partial charge is 0.496 e. The van der Waals surface area contributed by atoms with Crippen LogP contribution in [0.25, 0.3) is 0 Å². The van der Waals surface area contributed by atoms with E-state index in [0.29, 0.717) is 29.5 Å². The first-order valence-corrected chi connectivity index (χ1v) is 7.34. The highest BCUT2D eigenvalue weighted by molar-refractivity contribution is 5.95. The quantitative estimate of drug-likeness (QED) is 0.869. The van der Waals surface area contributed by atoms with Gasteiger partial charge in [-0.2, -0.15) is 0 Å². The molecule has 0 spiro atoms. The van der Waals surface area contributed by atoms with E-state index in [0.717, 1.165) is 24.8 Å². The maximum atomic E-state index is 12.4. The number of amides is 1. The Morgan fingerprint density at radius 2 is 1.90 bits per heavy atom. The summed E-state index contributed by atoms with van der Waals surface area (Å²) in [5.41, 5.74) is 7.20. The first kappa shape index (κ1) is 15.6. The summed E-state index contributed by atoms with van der Waals surface area (Å²) in [7, 11) is 3.18. The third-order valence-electron chi connectivity index (χ3n) is 4.29. The van der Waals surface area contributed by atoms with Gasteiger partial charge in [-0.3, -0.25) is 4.79 Å². The summed E-state index contributed by atoms with van der Waals surface area (Å²) in [6.07, 6.45) is 3.20. The number of benzene rings is 1. The van der Waals surface area contributed by atoms with Crippen molar-refractivity contribution in [2.75, 3.05) is 20.8 Å². The van der Waals surface area contributed by atoms with Crippen LogP contribution < -0.4 is 20.5 Å². The molecule has 5 heteroatoms. The van der Waals surface area contributed by atoms with E-state index >= 15 is 0 Å². The van der Waals surface area contributed by atoms with Gasteiger partial charge in [0.1, 0.15) is 11.5 Å². The number of methoxy groups -OCH3 is 2. The lowest BCUT2D eigenvalue weighted by atomic mass is 10.0. The highest BCUT2D eigenvalue weighted by Crippen LogP contribution is 2.30. The molecule has 1 aliphatic rings. The minimum Gasteiger partial charge on any atom is -0.496 e. The molecule has 0 heterocycles. The summed E-state index contributed by atoms with van der Waals surface area (Å²) in [6, 6.07) is 3.67. The minimum atomic E-state index is -0.100. The monoisotopic (exact) mass is 292 g/mol. The molecular formula is C16H24N2O3. The molecule has 1 aromatic carbocycles. The number of nitrogens with two attached hydrogens (primary N) is 1. The van der Waals surface area contributed by atoms with E-state index in [-0.39, 0.29) is 11.9 Å². The normalized spacial score (nSPS) is 21.1. The van der Waals surface area contributed by atoms with Crippen molar-refractivity contribution in [2.24, 2.45) is 11.7 Å². The third kappa shape index (κ3) is 3.29. The van der Waals surface area contributed by atoms with Crippen molar-refractivity contribution in [3.8, 4) is 11.5 Å². The molecule has 1 amide bonds. The average Bonchev–Trinajstić information content (AvgIpc) is 2.94. The van der Waals surface area contributed by atoms with Crippen LogP contribution in [0.5, 0.6) is 11.5 Å². The fourth-order valence-electron chi connectivity index (χ4n) is 2.98. The molecule has 1 fully saturated rings. The highest BCUT2D eigenvalue weighted by atomic mass is 16.5. The van der Waals surface area contributed by atoms with Crippen LogP contribution in [-0.2, 0) is 0 Å². The van der Waals surface area contributed by atoms with Crippen LogP contribution in [0, 0.1) is 12.8 Å². The Morgan fingerprint density at radius 3 is 2.43 bits per heavy atom. The second kappa shape index (κ2) is 6.80. The summed E-state index contributed by atoms with van der Waals surface area (Å²) in [5, 5.41) is 3.09. The standard InChI is InChI=1S/C16H24N2O3/c1-10-14(20-2)7-12(8-15(10)21-3)16(19)18-13-6-4-5-11(13)9-17/h7-8,11,13H,4-6,9,17H2,1-3H3,(H,18,19). The summed E-state index contributed by atoms with van der Waals surface area (Å²) >= 11 is 0. The van der Waals surface area contributed by atoms with Gasteiger partial charge in [-0.1, -0.05) is 6.42 Å². The number of hydrogen-bond acceptors (Lipinski definition) is 4. The van der Waals surface area contributed by atoms with Crippen LogP contribution in [0.1, 0.15) is 35.2 Å². The zero-order valence-corrected chi connectivity index (χ0v) is 12.9. The Morgan fingerprint density at radius 1 is 1.29 bits per heavy atom. The molecule has 2 atom stereocenters. The van der Waals surface area contributed by atoms with Crippen LogP contribution in [0.4, 0.5) is 0 Å². The molecule has 1 aliphatic carbocycles. The minimum absolute atomic E-state index is 0.100. The van der Waals surface area contributed by atoms with Gasteiger partial charge in [0.15, 0.2) is 0 Å². The predicted octanol–water partition coefficient (Wildman–Crippen LogP) is 1.87. The zero-order valence-electron chi connectivity index (χ0n) is 12.9. The summed E-state index contributed by atoms with van der Waals surface area (Å²) in [6.45, 7) is 2.52. The number of nitrogens with one attached hydrogen (secondary N) is 1. The van der Waals surface area contributed by atoms with Crippen LogP contribution in [0.2, 0.25) is 0 Å². The topological polar surface area (TPSA) is 73.6 Å². The Kier molecular flexibility index (Phi) is 5.07. The van der Waals surface area contributed by atoms with Crippen LogP contribution >= 0.6 is 0 Å². The fourth-order valence-corrected chi connectivity index (χ4v) is 2.98. The molecule has 0 bridgehead atoms. The Hall–Kier alpha value is -1.75. The van der Waals surface area contributed by atoms with Gasteiger partial charge < -0.3 is 20.5 Å². The number of carbonyl (C=O) groups is 1. The van der Waals surface area contributed by atoms with Crippen molar-refractivity contribution in [2.45, 2.75) is 32.2 Å². The fraction of sp³-hybridized carbons (Fsp3) is 0.562. The molecule has 1 aromatic rings. The van der Waals surface area contributed by atoms with Gasteiger partial charge >= 0.3 is 0 Å². The second-order valence-corrected chi connectivity index (χ2v) is 5.51. The molecule has 0 aliphatic heterocycles. The maximum absolute atomic E-state index is 12.4. The molecule has 1 saturated carbocycles. The smallest absolute Gasteiger partial charge is 0.251 e. The predicted molar refractivity (Wildman–Crippen MR) is 81.9 cm³/mol. The molecule has 3 N–H and O–H groups in total. The molecule has 5 nitrogen and oxygen atoms in total.